The van der Waals surface area contributed by atoms with Crippen molar-refractivity contribution < 1.29 is 10.2 Å². The van der Waals surface area contributed by atoms with Crippen molar-refractivity contribution in [2.24, 2.45) is 5.73 Å². The summed E-state index contributed by atoms with van der Waals surface area (Å²) in [6.45, 7) is 2.60. The zero-order chi connectivity index (χ0) is 17.2. The van der Waals surface area contributed by atoms with Gasteiger partial charge in [0.25, 0.3) is 0 Å². The first kappa shape index (κ1) is 22.6. The van der Waals surface area contributed by atoms with Crippen LogP contribution in [-0.4, -0.2) is 29.0 Å². The lowest BCUT2D eigenvalue weighted by Crippen LogP contribution is -2.19. The molecule has 1 unspecified atom stereocenters. The van der Waals surface area contributed by atoms with Gasteiger partial charge in [-0.2, -0.15) is 0 Å². The smallest absolute Gasteiger partial charge is 0.0662 e. The largest absolute Gasteiger partial charge is 0.393 e. The SMILES string of the molecule is CCCCCC[C@@H](O)C/C=C\CCCCCCCCC(O)CN. The van der Waals surface area contributed by atoms with E-state index in [9.17, 15) is 10.2 Å². The van der Waals surface area contributed by atoms with E-state index >= 15 is 0 Å². The molecule has 0 spiro atoms. The maximum Gasteiger partial charge on any atom is 0.0662 e. The van der Waals surface area contributed by atoms with E-state index in [1.165, 1.54) is 51.4 Å². The first-order valence-electron chi connectivity index (χ1n) is 9.91. The lowest BCUT2D eigenvalue weighted by Gasteiger charge is -2.07. The molecule has 0 saturated carbocycles. The van der Waals surface area contributed by atoms with Crippen LogP contribution in [0.1, 0.15) is 96.8 Å². The average molecular weight is 328 g/mol. The van der Waals surface area contributed by atoms with E-state index in [-0.39, 0.29) is 12.2 Å². The second kappa shape index (κ2) is 18.0. The molecular weight excluding hydrogens is 286 g/mol. The maximum atomic E-state index is 9.85. The molecule has 0 fully saturated rings. The van der Waals surface area contributed by atoms with E-state index < -0.39 is 0 Å². The Bertz CT molecular complexity index is 256. The summed E-state index contributed by atoms with van der Waals surface area (Å²) in [5.74, 6) is 0. The number of hydrogen-bond donors (Lipinski definition) is 3. The zero-order valence-corrected chi connectivity index (χ0v) is 15.4. The van der Waals surface area contributed by atoms with Gasteiger partial charge < -0.3 is 15.9 Å². The Morgan fingerprint density at radius 2 is 1.30 bits per heavy atom. The molecule has 2 atom stereocenters. The van der Waals surface area contributed by atoms with Gasteiger partial charge in [0.15, 0.2) is 0 Å². The molecule has 0 aliphatic heterocycles. The van der Waals surface area contributed by atoms with Gasteiger partial charge in [0.05, 0.1) is 12.2 Å². The number of nitrogens with two attached hydrogens (primary N) is 1. The van der Waals surface area contributed by atoms with E-state index in [1.54, 1.807) is 0 Å². The summed E-state index contributed by atoms with van der Waals surface area (Å²) in [6.07, 6.45) is 20.0. The summed E-state index contributed by atoms with van der Waals surface area (Å²) in [5, 5.41) is 19.2. The predicted octanol–water partition coefficient (Wildman–Crippen LogP) is 4.70. The Morgan fingerprint density at radius 1 is 0.739 bits per heavy atom. The molecule has 0 heterocycles. The van der Waals surface area contributed by atoms with Crippen molar-refractivity contribution in [2.45, 2.75) is 109 Å². The summed E-state index contributed by atoms with van der Waals surface area (Å²) in [4.78, 5) is 0. The Hall–Kier alpha value is -0.380. The molecule has 0 rings (SSSR count). The van der Waals surface area contributed by atoms with Crippen LogP contribution >= 0.6 is 0 Å². The highest BCUT2D eigenvalue weighted by atomic mass is 16.3. The Kier molecular flexibility index (Phi) is 17.7. The minimum atomic E-state index is -0.304. The van der Waals surface area contributed by atoms with Gasteiger partial charge in [-0.15, -0.1) is 0 Å². The number of unbranched alkanes of at least 4 members (excludes halogenated alkanes) is 9. The Morgan fingerprint density at radius 3 is 1.96 bits per heavy atom. The highest BCUT2D eigenvalue weighted by molar-refractivity contribution is 4.84. The molecule has 0 aliphatic rings. The number of rotatable bonds is 17. The summed E-state index contributed by atoms with van der Waals surface area (Å²) < 4.78 is 0. The number of allylic oxidation sites excluding steroid dienone is 1. The fraction of sp³-hybridized carbons (Fsp3) is 0.900. The third-order valence-electron chi connectivity index (χ3n) is 4.40. The first-order valence-corrected chi connectivity index (χ1v) is 9.91. The normalized spacial score (nSPS) is 14.4. The molecule has 23 heavy (non-hydrogen) atoms. The average Bonchev–Trinajstić information content (AvgIpc) is 2.56. The molecule has 0 aliphatic carbocycles. The van der Waals surface area contributed by atoms with Crippen molar-refractivity contribution in [2.75, 3.05) is 6.54 Å². The van der Waals surface area contributed by atoms with E-state index in [0.717, 1.165) is 38.5 Å². The van der Waals surface area contributed by atoms with E-state index in [0.29, 0.717) is 6.54 Å². The van der Waals surface area contributed by atoms with Gasteiger partial charge in [-0.05, 0) is 32.1 Å². The molecule has 0 bridgehead atoms. The third-order valence-corrected chi connectivity index (χ3v) is 4.40. The molecule has 0 amide bonds. The topological polar surface area (TPSA) is 66.5 Å². The predicted molar refractivity (Wildman–Crippen MR) is 101 cm³/mol. The summed E-state index contributed by atoms with van der Waals surface area (Å²) in [7, 11) is 0. The van der Waals surface area contributed by atoms with Crippen LogP contribution in [0.4, 0.5) is 0 Å². The van der Waals surface area contributed by atoms with Gasteiger partial charge in [0.2, 0.25) is 0 Å². The molecular formula is C20H41NO2. The summed E-state index contributed by atoms with van der Waals surface area (Å²) in [5.41, 5.74) is 5.37. The molecule has 0 saturated heterocycles. The van der Waals surface area contributed by atoms with Crippen LogP contribution in [0.25, 0.3) is 0 Å². The molecule has 138 valence electrons. The Balaban J connectivity index is 3.24. The van der Waals surface area contributed by atoms with Crippen molar-refractivity contribution in [1.29, 1.82) is 0 Å². The number of aliphatic hydroxyl groups excluding tert-OH is 2. The van der Waals surface area contributed by atoms with Crippen molar-refractivity contribution in [3.63, 3.8) is 0 Å². The summed E-state index contributed by atoms with van der Waals surface area (Å²) in [6, 6.07) is 0. The molecule has 0 aromatic carbocycles. The van der Waals surface area contributed by atoms with Crippen LogP contribution in [0.15, 0.2) is 12.2 Å². The van der Waals surface area contributed by atoms with Crippen molar-refractivity contribution in [1.82, 2.24) is 0 Å². The maximum absolute atomic E-state index is 9.85. The van der Waals surface area contributed by atoms with E-state index in [4.69, 9.17) is 5.73 Å². The minimum absolute atomic E-state index is 0.146. The van der Waals surface area contributed by atoms with Gasteiger partial charge in [-0.1, -0.05) is 76.9 Å². The number of hydrogen-bond acceptors (Lipinski definition) is 3. The molecule has 0 aromatic rings. The van der Waals surface area contributed by atoms with Gasteiger partial charge in [0.1, 0.15) is 0 Å². The monoisotopic (exact) mass is 327 g/mol. The Labute approximate surface area is 144 Å². The minimum Gasteiger partial charge on any atom is -0.393 e. The molecule has 0 aromatic heterocycles. The van der Waals surface area contributed by atoms with E-state index in [1.807, 2.05) is 0 Å². The van der Waals surface area contributed by atoms with Crippen LogP contribution in [0.5, 0.6) is 0 Å². The molecule has 3 heteroatoms. The van der Waals surface area contributed by atoms with E-state index in [2.05, 4.69) is 19.1 Å². The van der Waals surface area contributed by atoms with Gasteiger partial charge in [0, 0.05) is 6.54 Å². The third kappa shape index (κ3) is 17.8. The fourth-order valence-corrected chi connectivity index (χ4v) is 2.76. The molecule has 0 radical (unpaired) electrons. The highest BCUT2D eigenvalue weighted by Crippen LogP contribution is 2.11. The van der Waals surface area contributed by atoms with Gasteiger partial charge in [-0.3, -0.25) is 0 Å². The van der Waals surface area contributed by atoms with Crippen molar-refractivity contribution >= 4 is 0 Å². The van der Waals surface area contributed by atoms with Gasteiger partial charge in [-0.25, -0.2) is 0 Å². The lowest BCUT2D eigenvalue weighted by molar-refractivity contribution is 0.163. The van der Waals surface area contributed by atoms with Crippen molar-refractivity contribution in [3.8, 4) is 0 Å². The van der Waals surface area contributed by atoms with Crippen LogP contribution in [0.2, 0.25) is 0 Å². The molecule has 4 N–H and O–H groups in total. The number of aliphatic hydroxyl groups is 2. The summed E-state index contributed by atoms with van der Waals surface area (Å²) >= 11 is 0. The fourth-order valence-electron chi connectivity index (χ4n) is 2.76. The quantitative estimate of drug-likeness (QED) is 0.268. The van der Waals surface area contributed by atoms with Crippen LogP contribution in [-0.2, 0) is 0 Å². The van der Waals surface area contributed by atoms with Crippen molar-refractivity contribution in [3.05, 3.63) is 12.2 Å². The van der Waals surface area contributed by atoms with Gasteiger partial charge >= 0.3 is 0 Å². The van der Waals surface area contributed by atoms with Crippen LogP contribution in [0, 0.1) is 0 Å². The standard InChI is InChI=1S/C20H41NO2/c1-2-3-4-12-15-19(22)16-13-10-8-6-5-7-9-11-14-17-20(23)18-21/h10,13,19-20,22-23H,2-9,11-12,14-18,21H2,1H3/b13-10-/t19-,20?/m1/s1. The van der Waals surface area contributed by atoms with Crippen LogP contribution in [0.3, 0.4) is 0 Å². The zero-order valence-electron chi connectivity index (χ0n) is 15.4. The second-order valence-corrected chi connectivity index (χ2v) is 6.80. The lowest BCUT2D eigenvalue weighted by atomic mass is 10.1. The van der Waals surface area contributed by atoms with Crippen LogP contribution < -0.4 is 5.73 Å². The second-order valence-electron chi connectivity index (χ2n) is 6.80. The molecule has 3 nitrogen and oxygen atoms in total. The first-order chi connectivity index (χ1) is 11.2. The highest BCUT2D eigenvalue weighted by Gasteiger charge is 2.01.